The molecule has 0 aliphatic carbocycles. The fraction of sp³-hybridized carbons (Fsp3) is 0.250. The first-order valence-electron chi connectivity index (χ1n) is 6.44. The van der Waals surface area contributed by atoms with Crippen molar-refractivity contribution < 1.29 is 9.53 Å². The third-order valence-electron chi connectivity index (χ3n) is 2.86. The predicted molar refractivity (Wildman–Crippen MR) is 81.7 cm³/mol. The Hall–Kier alpha value is -1.68. The van der Waals surface area contributed by atoms with Crippen LogP contribution in [0.2, 0.25) is 0 Å². The Labute approximate surface area is 127 Å². The molecule has 2 aromatic rings. The van der Waals surface area contributed by atoms with Crippen LogP contribution >= 0.6 is 15.9 Å². The molecule has 0 bridgehead atoms. The van der Waals surface area contributed by atoms with Crippen LogP contribution < -0.4 is 4.74 Å². The molecule has 0 aliphatic heterocycles. The normalized spacial score (nSPS) is 10.3. The van der Waals surface area contributed by atoms with Crippen molar-refractivity contribution in [3.05, 3.63) is 58.3 Å². The first-order valence-corrected chi connectivity index (χ1v) is 7.23. The smallest absolute Gasteiger partial charge is 0.130 e. The zero-order valence-electron chi connectivity index (χ0n) is 11.3. The van der Waals surface area contributed by atoms with E-state index in [9.17, 15) is 4.79 Å². The van der Waals surface area contributed by atoms with Crippen LogP contribution in [0.3, 0.4) is 0 Å². The molecule has 0 saturated heterocycles. The van der Waals surface area contributed by atoms with Gasteiger partial charge in [0, 0.05) is 28.9 Å². The quantitative estimate of drug-likeness (QED) is 0.803. The number of carbonyl (C=O) groups is 1. The van der Waals surface area contributed by atoms with Crippen LogP contribution in [0.5, 0.6) is 5.75 Å². The summed E-state index contributed by atoms with van der Waals surface area (Å²) in [5.41, 5.74) is 2.16. The summed E-state index contributed by atoms with van der Waals surface area (Å²) in [5, 5.41) is 0. The molecule has 4 heteroatoms. The molecule has 0 radical (unpaired) electrons. The number of halogens is 1. The van der Waals surface area contributed by atoms with Crippen LogP contribution in [0.25, 0.3) is 0 Å². The largest absolute Gasteiger partial charge is 0.489 e. The lowest BCUT2D eigenvalue weighted by Crippen LogP contribution is -1.97. The third-order valence-corrected chi connectivity index (χ3v) is 3.29. The highest BCUT2D eigenvalue weighted by Crippen LogP contribution is 2.16. The number of carbonyl (C=O) groups excluding carboxylic acids is 1. The van der Waals surface area contributed by atoms with E-state index >= 15 is 0 Å². The van der Waals surface area contributed by atoms with Crippen LogP contribution in [0.15, 0.2) is 47.2 Å². The van der Waals surface area contributed by atoms with Gasteiger partial charge in [-0.05, 0) is 53.0 Å². The summed E-state index contributed by atoms with van der Waals surface area (Å²) >= 11 is 3.38. The topological polar surface area (TPSA) is 39.2 Å². The molecule has 0 saturated carbocycles. The molecule has 0 amide bonds. The zero-order valence-corrected chi connectivity index (χ0v) is 12.9. The maximum Gasteiger partial charge on any atom is 0.130 e. The second-order valence-electron chi connectivity index (χ2n) is 4.65. The Morgan fingerprint density at radius 1 is 1.20 bits per heavy atom. The molecule has 0 N–H and O–H groups in total. The van der Waals surface area contributed by atoms with E-state index in [-0.39, 0.29) is 5.78 Å². The fourth-order valence-electron chi connectivity index (χ4n) is 1.77. The number of Topliss-reactive ketones (excluding diaryl/α,β-unsaturated/α-hetero) is 1. The third kappa shape index (κ3) is 4.78. The van der Waals surface area contributed by atoms with Crippen molar-refractivity contribution in [1.29, 1.82) is 0 Å². The standard InChI is InChI=1S/C16H16BrNO2/c1-12(19)2-3-13-4-6-16(7-5-13)20-11-14-8-15(17)10-18-9-14/h4-10H,2-3,11H2,1H3. The van der Waals surface area contributed by atoms with Gasteiger partial charge < -0.3 is 9.53 Å². The van der Waals surface area contributed by atoms with E-state index in [1.54, 1.807) is 19.3 Å². The highest BCUT2D eigenvalue weighted by molar-refractivity contribution is 9.10. The van der Waals surface area contributed by atoms with Gasteiger partial charge in [-0.2, -0.15) is 0 Å². The molecule has 0 spiro atoms. The predicted octanol–water partition coefficient (Wildman–Crippen LogP) is 3.94. The molecule has 1 aromatic carbocycles. The Balaban J connectivity index is 1.89. The number of pyridine rings is 1. The molecule has 2 rings (SSSR count). The van der Waals surface area contributed by atoms with Gasteiger partial charge >= 0.3 is 0 Å². The van der Waals surface area contributed by atoms with Crippen LogP contribution in [-0.4, -0.2) is 10.8 Å². The summed E-state index contributed by atoms with van der Waals surface area (Å²) in [5.74, 6) is 1.03. The first-order chi connectivity index (χ1) is 9.63. The molecule has 0 unspecified atom stereocenters. The van der Waals surface area contributed by atoms with E-state index in [1.807, 2.05) is 30.3 Å². The van der Waals surface area contributed by atoms with Gasteiger partial charge in [0.25, 0.3) is 0 Å². The minimum Gasteiger partial charge on any atom is -0.489 e. The Morgan fingerprint density at radius 3 is 2.60 bits per heavy atom. The van der Waals surface area contributed by atoms with Crippen molar-refractivity contribution >= 4 is 21.7 Å². The lowest BCUT2D eigenvalue weighted by atomic mass is 10.1. The molecular formula is C16H16BrNO2. The maximum absolute atomic E-state index is 10.9. The highest BCUT2D eigenvalue weighted by atomic mass is 79.9. The van der Waals surface area contributed by atoms with Crippen LogP contribution in [0.4, 0.5) is 0 Å². The molecule has 0 fully saturated rings. The number of rotatable bonds is 6. The number of hydrogen-bond donors (Lipinski definition) is 0. The number of ketones is 1. The van der Waals surface area contributed by atoms with Crippen molar-refractivity contribution in [3.8, 4) is 5.75 Å². The number of ether oxygens (including phenoxy) is 1. The van der Waals surface area contributed by atoms with Gasteiger partial charge in [-0.1, -0.05) is 12.1 Å². The number of hydrogen-bond acceptors (Lipinski definition) is 3. The molecule has 0 atom stereocenters. The summed E-state index contributed by atoms with van der Waals surface area (Å²) in [6.07, 6.45) is 4.90. The molecule has 104 valence electrons. The summed E-state index contributed by atoms with van der Waals surface area (Å²) in [6, 6.07) is 9.84. The second kappa shape index (κ2) is 7.20. The van der Waals surface area contributed by atoms with Crippen molar-refractivity contribution in [2.45, 2.75) is 26.4 Å². The molecule has 3 nitrogen and oxygen atoms in total. The molecule has 0 aliphatic rings. The SMILES string of the molecule is CC(=O)CCc1ccc(OCc2cncc(Br)c2)cc1. The molecular weight excluding hydrogens is 318 g/mol. The minimum atomic E-state index is 0.215. The van der Waals surface area contributed by atoms with Crippen LogP contribution in [0, 0.1) is 0 Å². The maximum atomic E-state index is 10.9. The van der Waals surface area contributed by atoms with Gasteiger partial charge in [-0.25, -0.2) is 0 Å². The Kier molecular flexibility index (Phi) is 5.30. The highest BCUT2D eigenvalue weighted by Gasteiger charge is 2.00. The van der Waals surface area contributed by atoms with Gasteiger partial charge in [0.15, 0.2) is 0 Å². The monoisotopic (exact) mass is 333 g/mol. The number of benzene rings is 1. The minimum absolute atomic E-state index is 0.215. The fourth-order valence-corrected chi connectivity index (χ4v) is 2.19. The van der Waals surface area contributed by atoms with Gasteiger partial charge in [-0.3, -0.25) is 4.98 Å². The van der Waals surface area contributed by atoms with Gasteiger partial charge in [0.2, 0.25) is 0 Å². The molecule has 1 aromatic heterocycles. The lowest BCUT2D eigenvalue weighted by Gasteiger charge is -2.07. The van der Waals surface area contributed by atoms with E-state index in [1.165, 1.54) is 0 Å². The molecule has 20 heavy (non-hydrogen) atoms. The first kappa shape index (κ1) is 14.7. The number of aromatic nitrogens is 1. The number of aryl methyl sites for hydroxylation is 1. The van der Waals surface area contributed by atoms with Gasteiger partial charge in [0.05, 0.1) is 0 Å². The average Bonchev–Trinajstić information content (AvgIpc) is 2.44. The van der Waals surface area contributed by atoms with E-state index in [2.05, 4.69) is 20.9 Å². The zero-order chi connectivity index (χ0) is 14.4. The van der Waals surface area contributed by atoms with Gasteiger partial charge in [0.1, 0.15) is 18.1 Å². The Bertz CT molecular complexity index is 581. The van der Waals surface area contributed by atoms with Crippen molar-refractivity contribution in [1.82, 2.24) is 4.98 Å². The van der Waals surface area contributed by atoms with Crippen LogP contribution in [0.1, 0.15) is 24.5 Å². The van der Waals surface area contributed by atoms with E-state index < -0.39 is 0 Å². The summed E-state index contributed by atoms with van der Waals surface area (Å²) in [7, 11) is 0. The number of nitrogens with zero attached hydrogens (tertiary/aromatic N) is 1. The molecule has 1 heterocycles. The summed E-state index contributed by atoms with van der Waals surface area (Å²) in [6.45, 7) is 2.10. The summed E-state index contributed by atoms with van der Waals surface area (Å²) in [4.78, 5) is 15.0. The van der Waals surface area contributed by atoms with Crippen molar-refractivity contribution in [3.63, 3.8) is 0 Å². The van der Waals surface area contributed by atoms with E-state index in [0.717, 1.165) is 27.8 Å². The Morgan fingerprint density at radius 2 is 1.95 bits per heavy atom. The lowest BCUT2D eigenvalue weighted by molar-refractivity contribution is -0.116. The van der Waals surface area contributed by atoms with Crippen molar-refractivity contribution in [2.75, 3.05) is 0 Å². The average molecular weight is 334 g/mol. The van der Waals surface area contributed by atoms with E-state index in [0.29, 0.717) is 13.0 Å². The summed E-state index contributed by atoms with van der Waals surface area (Å²) < 4.78 is 6.64. The van der Waals surface area contributed by atoms with Crippen LogP contribution in [-0.2, 0) is 17.8 Å². The van der Waals surface area contributed by atoms with Gasteiger partial charge in [-0.15, -0.1) is 0 Å². The van der Waals surface area contributed by atoms with E-state index in [4.69, 9.17) is 4.74 Å². The second-order valence-corrected chi connectivity index (χ2v) is 5.56. The van der Waals surface area contributed by atoms with Crippen molar-refractivity contribution in [2.24, 2.45) is 0 Å².